The average Bonchev–Trinajstić information content (AvgIpc) is 2.11. The maximum atomic E-state index is 11.9. The molecule has 0 aromatic heterocycles. The van der Waals surface area contributed by atoms with Gasteiger partial charge in [0, 0.05) is 6.04 Å². The van der Waals surface area contributed by atoms with Gasteiger partial charge < -0.3 is 5.73 Å². The molecule has 2 unspecified atom stereocenters. The lowest BCUT2D eigenvalue weighted by atomic mass is 10.0. The highest BCUT2D eigenvalue weighted by Crippen LogP contribution is 2.37. The van der Waals surface area contributed by atoms with E-state index in [0.29, 0.717) is 12.8 Å². The fraction of sp³-hybridized carbons (Fsp3) is 1.00. The standard InChI is InChI=1S/C6H10F3N/c7-6(8,9)4-2-1-3-5(4)10/h4-5H,1-3,10H2. The van der Waals surface area contributed by atoms with Crippen molar-refractivity contribution in [3.8, 4) is 0 Å². The van der Waals surface area contributed by atoms with Crippen molar-refractivity contribution >= 4 is 0 Å². The minimum absolute atomic E-state index is 0.213. The fourth-order valence-corrected chi connectivity index (χ4v) is 1.40. The molecule has 0 spiro atoms. The summed E-state index contributed by atoms with van der Waals surface area (Å²) in [5, 5.41) is 0. The number of nitrogens with two attached hydrogens (primary N) is 1. The Labute approximate surface area is 57.4 Å². The Bertz CT molecular complexity index is 121. The predicted octanol–water partition coefficient (Wildman–Crippen LogP) is 1.68. The summed E-state index contributed by atoms with van der Waals surface area (Å²) in [6.45, 7) is 0. The summed E-state index contributed by atoms with van der Waals surface area (Å²) in [5.74, 6) is -1.24. The Kier molecular flexibility index (Phi) is 1.90. The van der Waals surface area contributed by atoms with Crippen molar-refractivity contribution < 1.29 is 13.2 Å². The van der Waals surface area contributed by atoms with E-state index in [1.54, 1.807) is 0 Å². The summed E-state index contributed by atoms with van der Waals surface area (Å²) in [6, 6.07) is -0.653. The van der Waals surface area contributed by atoms with Crippen molar-refractivity contribution in [3.05, 3.63) is 0 Å². The molecule has 0 radical (unpaired) electrons. The van der Waals surface area contributed by atoms with Gasteiger partial charge in [-0.2, -0.15) is 13.2 Å². The van der Waals surface area contributed by atoms with Crippen molar-refractivity contribution in [1.29, 1.82) is 0 Å². The lowest BCUT2D eigenvalue weighted by Crippen LogP contribution is -2.35. The van der Waals surface area contributed by atoms with Crippen molar-refractivity contribution in [2.24, 2.45) is 11.7 Å². The molecule has 1 nitrogen and oxygen atoms in total. The molecule has 60 valence electrons. The van der Waals surface area contributed by atoms with Crippen LogP contribution in [-0.4, -0.2) is 12.2 Å². The summed E-state index contributed by atoms with van der Waals surface area (Å²) in [7, 11) is 0. The second-order valence-corrected chi connectivity index (χ2v) is 2.74. The summed E-state index contributed by atoms with van der Waals surface area (Å²) in [6.07, 6.45) is -2.73. The van der Waals surface area contributed by atoms with Crippen molar-refractivity contribution in [1.82, 2.24) is 0 Å². The van der Waals surface area contributed by atoms with Gasteiger partial charge in [-0.1, -0.05) is 6.42 Å². The molecule has 0 aliphatic heterocycles. The second-order valence-electron chi connectivity index (χ2n) is 2.74. The van der Waals surface area contributed by atoms with Crippen LogP contribution in [0.3, 0.4) is 0 Å². The highest BCUT2D eigenvalue weighted by molar-refractivity contribution is 4.84. The first kappa shape index (κ1) is 7.85. The molecule has 1 aliphatic rings. The molecule has 0 saturated heterocycles. The minimum atomic E-state index is -4.07. The van der Waals surface area contributed by atoms with Gasteiger partial charge in [-0.15, -0.1) is 0 Å². The summed E-state index contributed by atoms with van der Waals surface area (Å²) in [5.41, 5.74) is 5.25. The third-order valence-electron chi connectivity index (χ3n) is 1.99. The zero-order chi connectivity index (χ0) is 7.78. The van der Waals surface area contributed by atoms with Crippen LogP contribution in [0.1, 0.15) is 19.3 Å². The van der Waals surface area contributed by atoms with Crippen LogP contribution in [0.25, 0.3) is 0 Å². The van der Waals surface area contributed by atoms with Crippen molar-refractivity contribution in [2.45, 2.75) is 31.5 Å². The third-order valence-corrected chi connectivity index (χ3v) is 1.99. The first-order valence-electron chi connectivity index (χ1n) is 3.34. The number of hydrogen-bond donors (Lipinski definition) is 1. The minimum Gasteiger partial charge on any atom is -0.327 e. The van der Waals surface area contributed by atoms with Crippen LogP contribution in [-0.2, 0) is 0 Å². The Morgan fingerprint density at radius 2 is 1.80 bits per heavy atom. The van der Waals surface area contributed by atoms with Gasteiger partial charge >= 0.3 is 6.18 Å². The van der Waals surface area contributed by atoms with E-state index in [0.717, 1.165) is 0 Å². The quantitative estimate of drug-likeness (QED) is 0.563. The van der Waals surface area contributed by atoms with Gasteiger partial charge in [-0.05, 0) is 12.8 Å². The van der Waals surface area contributed by atoms with Crippen LogP contribution in [0, 0.1) is 5.92 Å². The van der Waals surface area contributed by atoms with Gasteiger partial charge in [0.2, 0.25) is 0 Å². The molecular weight excluding hydrogens is 143 g/mol. The van der Waals surface area contributed by atoms with Crippen LogP contribution in [0.5, 0.6) is 0 Å². The molecule has 1 rings (SSSR count). The molecule has 0 aromatic carbocycles. The van der Waals surface area contributed by atoms with Gasteiger partial charge in [0.15, 0.2) is 0 Å². The first-order valence-corrected chi connectivity index (χ1v) is 3.34. The van der Waals surface area contributed by atoms with Crippen LogP contribution >= 0.6 is 0 Å². The molecule has 1 aliphatic carbocycles. The Hall–Kier alpha value is -0.250. The molecule has 0 bridgehead atoms. The van der Waals surface area contributed by atoms with Crippen LogP contribution in [0.4, 0.5) is 13.2 Å². The number of hydrogen-bond acceptors (Lipinski definition) is 1. The van der Waals surface area contributed by atoms with Gasteiger partial charge in [0.25, 0.3) is 0 Å². The van der Waals surface area contributed by atoms with E-state index in [4.69, 9.17) is 5.73 Å². The van der Waals surface area contributed by atoms with E-state index in [2.05, 4.69) is 0 Å². The molecule has 2 atom stereocenters. The molecule has 10 heavy (non-hydrogen) atoms. The molecule has 4 heteroatoms. The van der Waals surface area contributed by atoms with Gasteiger partial charge in [0.05, 0.1) is 5.92 Å². The zero-order valence-electron chi connectivity index (χ0n) is 5.49. The maximum absolute atomic E-state index is 11.9. The lowest BCUT2D eigenvalue weighted by molar-refractivity contribution is -0.175. The molecule has 2 N–H and O–H groups in total. The molecule has 0 aromatic rings. The fourth-order valence-electron chi connectivity index (χ4n) is 1.40. The Morgan fingerprint density at radius 3 is 2.00 bits per heavy atom. The van der Waals surface area contributed by atoms with Gasteiger partial charge in [-0.3, -0.25) is 0 Å². The molecule has 1 fully saturated rings. The van der Waals surface area contributed by atoms with E-state index in [-0.39, 0.29) is 6.42 Å². The van der Waals surface area contributed by atoms with Gasteiger partial charge in [0.1, 0.15) is 0 Å². The molecular formula is C6H10F3N. The monoisotopic (exact) mass is 153 g/mol. The predicted molar refractivity (Wildman–Crippen MR) is 31.4 cm³/mol. The topological polar surface area (TPSA) is 26.0 Å². The lowest BCUT2D eigenvalue weighted by Gasteiger charge is -2.18. The van der Waals surface area contributed by atoms with E-state index in [9.17, 15) is 13.2 Å². The first-order chi connectivity index (χ1) is 4.52. The zero-order valence-corrected chi connectivity index (χ0v) is 5.49. The van der Waals surface area contributed by atoms with Crippen molar-refractivity contribution in [2.75, 3.05) is 0 Å². The average molecular weight is 153 g/mol. The third kappa shape index (κ3) is 1.42. The number of rotatable bonds is 0. The highest BCUT2D eigenvalue weighted by atomic mass is 19.4. The van der Waals surface area contributed by atoms with Crippen LogP contribution in [0.15, 0.2) is 0 Å². The highest BCUT2D eigenvalue weighted by Gasteiger charge is 2.45. The SMILES string of the molecule is NC1CCCC1C(F)(F)F. The molecule has 0 heterocycles. The Morgan fingerprint density at radius 1 is 1.20 bits per heavy atom. The summed E-state index contributed by atoms with van der Waals surface area (Å²) >= 11 is 0. The van der Waals surface area contributed by atoms with E-state index < -0.39 is 18.1 Å². The van der Waals surface area contributed by atoms with Gasteiger partial charge in [-0.25, -0.2) is 0 Å². The second kappa shape index (κ2) is 2.42. The summed E-state index contributed by atoms with van der Waals surface area (Å²) < 4.78 is 35.8. The molecule has 1 saturated carbocycles. The number of halogens is 3. The van der Waals surface area contributed by atoms with E-state index in [1.807, 2.05) is 0 Å². The maximum Gasteiger partial charge on any atom is 0.393 e. The van der Waals surface area contributed by atoms with E-state index in [1.165, 1.54) is 0 Å². The van der Waals surface area contributed by atoms with Crippen molar-refractivity contribution in [3.63, 3.8) is 0 Å². The van der Waals surface area contributed by atoms with E-state index >= 15 is 0 Å². The van der Waals surface area contributed by atoms with Crippen LogP contribution in [0.2, 0.25) is 0 Å². The largest absolute Gasteiger partial charge is 0.393 e. The normalized spacial score (nSPS) is 34.8. The van der Waals surface area contributed by atoms with Crippen LogP contribution < -0.4 is 5.73 Å². The molecule has 0 amide bonds. The summed E-state index contributed by atoms with van der Waals surface area (Å²) in [4.78, 5) is 0. The smallest absolute Gasteiger partial charge is 0.327 e. The number of alkyl halides is 3. The Balaban J connectivity index is 2.55.